The fraction of sp³-hybridized carbons (Fsp3) is 0.227. The second kappa shape index (κ2) is 8.67. The fourth-order valence-corrected chi connectivity index (χ4v) is 3.26. The first-order valence-corrected chi connectivity index (χ1v) is 9.47. The van der Waals surface area contributed by atoms with Gasteiger partial charge < -0.3 is 4.42 Å². The number of nitro benzene ring substituents is 1. The van der Waals surface area contributed by atoms with Crippen molar-refractivity contribution in [3.8, 4) is 12.0 Å². The van der Waals surface area contributed by atoms with Crippen LogP contribution in [0.3, 0.4) is 0 Å². The van der Waals surface area contributed by atoms with Crippen LogP contribution >= 0.6 is 0 Å². The number of carbonyl (C=O) groups is 1. The Kier molecular flexibility index (Phi) is 6.02. The van der Waals surface area contributed by atoms with E-state index in [9.17, 15) is 20.2 Å². The number of amides is 1. The molecule has 9 nitrogen and oxygen atoms in total. The number of nitrogens with one attached hydrogen (secondary N) is 1. The Labute approximate surface area is 178 Å². The zero-order valence-corrected chi connectivity index (χ0v) is 17.6. The molecule has 3 rings (SSSR count). The van der Waals surface area contributed by atoms with Gasteiger partial charge in [-0.05, 0) is 39.3 Å². The lowest BCUT2D eigenvalue weighted by atomic mass is 10.1. The molecule has 0 bridgehead atoms. The van der Waals surface area contributed by atoms with Crippen LogP contribution in [-0.4, -0.2) is 21.6 Å². The summed E-state index contributed by atoms with van der Waals surface area (Å²) in [5.41, 5.74) is 6.81. The molecule has 1 aromatic carbocycles. The van der Waals surface area contributed by atoms with Gasteiger partial charge in [-0.25, -0.2) is 5.43 Å². The van der Waals surface area contributed by atoms with Crippen molar-refractivity contribution < 1.29 is 14.1 Å². The predicted molar refractivity (Wildman–Crippen MR) is 114 cm³/mol. The topological polar surface area (TPSA) is 126 Å². The van der Waals surface area contributed by atoms with Gasteiger partial charge in [-0.2, -0.15) is 10.4 Å². The van der Waals surface area contributed by atoms with E-state index in [1.165, 1.54) is 30.5 Å². The Bertz CT molecular complexity index is 1230. The Balaban J connectivity index is 1.73. The molecule has 158 valence electrons. The van der Waals surface area contributed by atoms with Gasteiger partial charge in [0.15, 0.2) is 0 Å². The molecule has 9 heteroatoms. The SMILES string of the molecule is Cc1oc(-n2c(C)cc(/C=N\NC(=O)Cc3ccc([N+](=O)[O-])cc3)c2C)c(C#N)c1C. The highest BCUT2D eigenvalue weighted by Crippen LogP contribution is 2.28. The number of furan rings is 1. The van der Waals surface area contributed by atoms with E-state index in [1.807, 2.05) is 38.3 Å². The van der Waals surface area contributed by atoms with Crippen molar-refractivity contribution in [1.82, 2.24) is 9.99 Å². The van der Waals surface area contributed by atoms with Crippen LogP contribution in [-0.2, 0) is 11.2 Å². The predicted octanol–water partition coefficient (Wildman–Crippen LogP) is 3.78. The average molecular weight is 419 g/mol. The third kappa shape index (κ3) is 4.38. The van der Waals surface area contributed by atoms with Gasteiger partial charge in [0, 0.05) is 34.6 Å². The number of aryl methyl sites for hydroxylation is 2. The molecule has 0 spiro atoms. The summed E-state index contributed by atoms with van der Waals surface area (Å²) >= 11 is 0. The smallest absolute Gasteiger partial charge is 0.269 e. The third-order valence-corrected chi connectivity index (χ3v) is 5.06. The van der Waals surface area contributed by atoms with E-state index in [2.05, 4.69) is 16.6 Å². The molecule has 0 saturated carbocycles. The first-order valence-electron chi connectivity index (χ1n) is 9.47. The number of benzene rings is 1. The van der Waals surface area contributed by atoms with Crippen molar-refractivity contribution in [3.05, 3.63) is 79.8 Å². The highest BCUT2D eigenvalue weighted by atomic mass is 16.6. The Hall–Kier alpha value is -4.19. The van der Waals surface area contributed by atoms with E-state index >= 15 is 0 Å². The first-order chi connectivity index (χ1) is 14.7. The van der Waals surface area contributed by atoms with E-state index in [1.54, 1.807) is 0 Å². The molecule has 2 aromatic heterocycles. The summed E-state index contributed by atoms with van der Waals surface area (Å²) in [7, 11) is 0. The first kappa shape index (κ1) is 21.5. The van der Waals surface area contributed by atoms with Gasteiger partial charge in [0.25, 0.3) is 5.69 Å². The maximum Gasteiger partial charge on any atom is 0.269 e. The monoisotopic (exact) mass is 419 g/mol. The lowest BCUT2D eigenvalue weighted by molar-refractivity contribution is -0.384. The highest BCUT2D eigenvalue weighted by molar-refractivity contribution is 5.85. The Morgan fingerprint density at radius 1 is 1.29 bits per heavy atom. The van der Waals surface area contributed by atoms with Gasteiger partial charge in [-0.3, -0.25) is 19.5 Å². The summed E-state index contributed by atoms with van der Waals surface area (Å²) in [6, 6.07) is 9.86. The van der Waals surface area contributed by atoms with Crippen molar-refractivity contribution in [2.45, 2.75) is 34.1 Å². The minimum atomic E-state index is -0.491. The van der Waals surface area contributed by atoms with Gasteiger partial charge >= 0.3 is 0 Å². The molecule has 0 saturated heterocycles. The molecule has 1 N–H and O–H groups in total. The summed E-state index contributed by atoms with van der Waals surface area (Å²) in [6.45, 7) is 7.43. The molecule has 31 heavy (non-hydrogen) atoms. The van der Waals surface area contributed by atoms with Gasteiger partial charge in [0.1, 0.15) is 17.4 Å². The number of aromatic nitrogens is 1. The van der Waals surface area contributed by atoms with Gasteiger partial charge in [0.05, 0.1) is 17.6 Å². The number of non-ortho nitro benzene ring substituents is 1. The molecule has 0 unspecified atom stereocenters. The van der Waals surface area contributed by atoms with Crippen LogP contribution in [0.2, 0.25) is 0 Å². The number of nitro groups is 1. The lowest BCUT2D eigenvalue weighted by Gasteiger charge is -2.06. The summed E-state index contributed by atoms with van der Waals surface area (Å²) in [5.74, 6) is 0.810. The average Bonchev–Trinajstić information content (AvgIpc) is 3.16. The van der Waals surface area contributed by atoms with E-state index in [0.29, 0.717) is 22.8 Å². The standard InChI is InChI=1S/C22H21N5O4/c1-13-9-18(15(3)26(13)22-20(11-23)14(2)16(4)31-22)12-24-25-21(28)10-17-5-7-19(8-6-17)27(29)30/h5-9,12H,10H2,1-4H3,(H,25,28)/b24-12-. The molecular formula is C22H21N5O4. The van der Waals surface area contributed by atoms with Crippen LogP contribution in [0.5, 0.6) is 0 Å². The summed E-state index contributed by atoms with van der Waals surface area (Å²) in [4.78, 5) is 22.3. The largest absolute Gasteiger partial charge is 0.443 e. The molecular weight excluding hydrogens is 398 g/mol. The van der Waals surface area contributed by atoms with E-state index in [0.717, 1.165) is 22.5 Å². The zero-order valence-electron chi connectivity index (χ0n) is 17.6. The number of rotatable bonds is 6. The molecule has 2 heterocycles. The van der Waals surface area contributed by atoms with Crippen LogP contribution < -0.4 is 5.43 Å². The van der Waals surface area contributed by atoms with Crippen molar-refractivity contribution >= 4 is 17.8 Å². The van der Waals surface area contributed by atoms with Crippen LogP contribution in [0, 0.1) is 49.1 Å². The van der Waals surface area contributed by atoms with E-state index < -0.39 is 4.92 Å². The molecule has 0 aliphatic rings. The Morgan fingerprint density at radius 3 is 2.58 bits per heavy atom. The van der Waals surface area contributed by atoms with Crippen molar-refractivity contribution in [1.29, 1.82) is 5.26 Å². The number of nitrogens with zero attached hydrogens (tertiary/aromatic N) is 4. The fourth-order valence-electron chi connectivity index (χ4n) is 3.26. The lowest BCUT2D eigenvalue weighted by Crippen LogP contribution is -2.19. The number of hydrogen-bond donors (Lipinski definition) is 1. The number of hydrogen-bond acceptors (Lipinski definition) is 6. The quantitative estimate of drug-likeness (QED) is 0.370. The van der Waals surface area contributed by atoms with E-state index in [4.69, 9.17) is 4.42 Å². The van der Waals surface area contributed by atoms with E-state index in [-0.39, 0.29) is 18.0 Å². The summed E-state index contributed by atoms with van der Waals surface area (Å²) in [6.07, 6.45) is 1.58. The van der Waals surface area contributed by atoms with Gasteiger partial charge in [-0.15, -0.1) is 0 Å². The van der Waals surface area contributed by atoms with Crippen molar-refractivity contribution in [2.24, 2.45) is 5.10 Å². The van der Waals surface area contributed by atoms with Gasteiger partial charge in [-0.1, -0.05) is 12.1 Å². The zero-order chi connectivity index (χ0) is 22.7. The second-order valence-electron chi connectivity index (χ2n) is 7.13. The minimum absolute atomic E-state index is 0.0287. The van der Waals surface area contributed by atoms with Crippen LogP contribution in [0.25, 0.3) is 5.88 Å². The molecule has 0 aliphatic heterocycles. The van der Waals surface area contributed by atoms with Crippen LogP contribution in [0.15, 0.2) is 39.9 Å². The van der Waals surface area contributed by atoms with Gasteiger partial charge in [0.2, 0.25) is 11.8 Å². The number of carbonyl (C=O) groups excluding carboxylic acids is 1. The maximum atomic E-state index is 12.1. The molecule has 0 aliphatic carbocycles. The van der Waals surface area contributed by atoms with Crippen LogP contribution in [0.4, 0.5) is 5.69 Å². The molecule has 0 fully saturated rings. The van der Waals surface area contributed by atoms with Crippen molar-refractivity contribution in [3.63, 3.8) is 0 Å². The van der Waals surface area contributed by atoms with Crippen LogP contribution in [0.1, 0.15) is 39.4 Å². The minimum Gasteiger partial charge on any atom is -0.443 e. The summed E-state index contributed by atoms with van der Waals surface area (Å²) in [5, 5.41) is 24.2. The Morgan fingerprint density at radius 2 is 1.97 bits per heavy atom. The molecule has 0 atom stereocenters. The second-order valence-corrected chi connectivity index (χ2v) is 7.13. The maximum absolute atomic E-state index is 12.1. The van der Waals surface area contributed by atoms with Crippen molar-refractivity contribution in [2.75, 3.05) is 0 Å². The normalized spacial score (nSPS) is 10.9. The summed E-state index contributed by atoms with van der Waals surface area (Å²) < 4.78 is 7.66. The third-order valence-electron chi connectivity index (χ3n) is 5.06. The number of hydrazone groups is 1. The molecule has 3 aromatic rings. The molecule has 0 radical (unpaired) electrons. The number of nitriles is 1. The highest BCUT2D eigenvalue weighted by Gasteiger charge is 2.20. The molecule has 1 amide bonds.